The molecule has 3 nitrogen and oxygen atoms in total. The van der Waals surface area contributed by atoms with Gasteiger partial charge in [0, 0.05) is 13.1 Å². The lowest BCUT2D eigenvalue weighted by Gasteiger charge is -2.31. The molecule has 0 spiro atoms. The first-order chi connectivity index (χ1) is 9.24. The van der Waals surface area contributed by atoms with Crippen LogP contribution in [-0.2, 0) is 17.6 Å². The molecule has 19 heavy (non-hydrogen) atoms. The Bertz CT molecular complexity index is 411. The third-order valence-corrected chi connectivity index (χ3v) is 3.30. The van der Waals surface area contributed by atoms with E-state index in [4.69, 9.17) is 4.74 Å². The Morgan fingerprint density at radius 1 is 1.32 bits per heavy atom. The summed E-state index contributed by atoms with van der Waals surface area (Å²) in [6.07, 6.45) is 2.58. The Morgan fingerprint density at radius 2 is 2.00 bits per heavy atom. The minimum absolute atomic E-state index is 0.225. The highest BCUT2D eigenvalue weighted by Crippen LogP contribution is 2.21. The van der Waals surface area contributed by atoms with Gasteiger partial charge >= 0.3 is 0 Å². The summed E-state index contributed by atoms with van der Waals surface area (Å²) in [7, 11) is 1.68. The minimum Gasteiger partial charge on any atom is -0.496 e. The molecule has 3 heteroatoms. The Balaban J connectivity index is 0.000000861. The van der Waals surface area contributed by atoms with Crippen molar-refractivity contribution in [3.63, 3.8) is 0 Å². The number of hydrogen-bond donors (Lipinski definition) is 0. The molecule has 0 radical (unpaired) electrons. The van der Waals surface area contributed by atoms with Crippen LogP contribution in [0, 0.1) is 0 Å². The van der Waals surface area contributed by atoms with Gasteiger partial charge in [0.2, 0.25) is 5.91 Å². The molecule has 0 aliphatic carbocycles. The van der Waals surface area contributed by atoms with E-state index >= 15 is 0 Å². The zero-order chi connectivity index (χ0) is 14.3. The van der Waals surface area contributed by atoms with E-state index < -0.39 is 0 Å². The molecule has 1 aliphatic rings. The predicted molar refractivity (Wildman–Crippen MR) is 78.6 cm³/mol. The van der Waals surface area contributed by atoms with Crippen molar-refractivity contribution < 1.29 is 9.53 Å². The maximum Gasteiger partial charge on any atom is 0.226 e. The van der Waals surface area contributed by atoms with E-state index in [2.05, 4.69) is 13.0 Å². The van der Waals surface area contributed by atoms with E-state index in [1.165, 1.54) is 5.56 Å². The molecular weight excluding hydrogens is 238 g/mol. The molecule has 0 bridgehead atoms. The third-order valence-electron chi connectivity index (χ3n) is 3.30. The number of carbonyl (C=O) groups excluding carboxylic acids is 1. The van der Waals surface area contributed by atoms with Crippen LogP contribution in [0.3, 0.4) is 0 Å². The highest BCUT2D eigenvalue weighted by atomic mass is 16.5. The van der Waals surface area contributed by atoms with Crippen LogP contribution in [0.25, 0.3) is 0 Å². The first-order valence-electron chi connectivity index (χ1n) is 7.18. The molecule has 1 aliphatic heterocycles. The zero-order valence-electron chi connectivity index (χ0n) is 12.5. The van der Waals surface area contributed by atoms with Crippen LogP contribution in [0.4, 0.5) is 0 Å². The van der Waals surface area contributed by atoms with Crippen LogP contribution in [0.1, 0.15) is 38.3 Å². The number of likely N-dealkylation sites (tertiary alicyclic amines) is 1. The molecule has 1 saturated heterocycles. The van der Waals surface area contributed by atoms with Crippen LogP contribution in [0.5, 0.6) is 5.75 Å². The maximum atomic E-state index is 11.8. The van der Waals surface area contributed by atoms with Crippen molar-refractivity contribution in [1.82, 2.24) is 4.90 Å². The van der Waals surface area contributed by atoms with E-state index in [1.54, 1.807) is 7.11 Å². The molecule has 0 atom stereocenters. The van der Waals surface area contributed by atoms with Crippen molar-refractivity contribution in [2.45, 2.75) is 40.0 Å². The van der Waals surface area contributed by atoms with Gasteiger partial charge in [-0.25, -0.2) is 0 Å². The van der Waals surface area contributed by atoms with Gasteiger partial charge in [-0.3, -0.25) is 4.79 Å². The number of aryl methyl sites for hydroxylation is 1. The van der Waals surface area contributed by atoms with E-state index in [0.717, 1.165) is 37.2 Å². The normalized spacial score (nSPS) is 13.2. The monoisotopic (exact) mass is 263 g/mol. The zero-order valence-corrected chi connectivity index (χ0v) is 12.5. The van der Waals surface area contributed by atoms with Crippen molar-refractivity contribution in [1.29, 1.82) is 0 Å². The number of carbonyl (C=O) groups is 1. The predicted octanol–water partition coefficient (Wildman–Crippen LogP) is 3.06. The minimum atomic E-state index is 0.225. The summed E-state index contributed by atoms with van der Waals surface area (Å²) in [4.78, 5) is 13.7. The lowest BCUT2D eigenvalue weighted by atomic mass is 10.0. The van der Waals surface area contributed by atoms with Gasteiger partial charge in [0.05, 0.1) is 13.5 Å². The maximum absolute atomic E-state index is 11.8. The lowest BCUT2D eigenvalue weighted by Crippen LogP contribution is -2.42. The second kappa shape index (κ2) is 7.82. The van der Waals surface area contributed by atoms with E-state index in [-0.39, 0.29) is 5.91 Å². The fraction of sp³-hybridized carbons (Fsp3) is 0.562. The van der Waals surface area contributed by atoms with Crippen molar-refractivity contribution in [2.75, 3.05) is 20.2 Å². The number of rotatable bonds is 4. The highest BCUT2D eigenvalue weighted by molar-refractivity contribution is 5.79. The standard InChI is InChI=1S/C14H19NO2.C2H6/c1-3-12-6-5-11(9-13(12)17-2)10-14(16)15-7-4-8-15;1-2/h5-6,9H,3-4,7-8,10H2,1-2H3;1-2H3. The summed E-state index contributed by atoms with van der Waals surface area (Å²) in [6.45, 7) is 7.94. The van der Waals surface area contributed by atoms with Gasteiger partial charge in [-0.05, 0) is 30.0 Å². The number of nitrogens with zero attached hydrogens (tertiary/aromatic N) is 1. The first-order valence-corrected chi connectivity index (χ1v) is 7.18. The number of benzene rings is 1. The van der Waals surface area contributed by atoms with Crippen molar-refractivity contribution in [3.05, 3.63) is 29.3 Å². The summed E-state index contributed by atoms with van der Waals surface area (Å²) in [5, 5.41) is 0. The molecule has 0 aromatic heterocycles. The second-order valence-electron chi connectivity index (χ2n) is 4.41. The summed E-state index contributed by atoms with van der Waals surface area (Å²) >= 11 is 0. The molecule has 1 aromatic rings. The molecule has 1 amide bonds. The molecule has 1 fully saturated rings. The molecule has 106 valence electrons. The van der Waals surface area contributed by atoms with Gasteiger partial charge in [0.25, 0.3) is 0 Å². The first kappa shape index (κ1) is 15.5. The third kappa shape index (κ3) is 3.98. The Labute approximate surface area is 116 Å². The summed E-state index contributed by atoms with van der Waals surface area (Å²) in [6, 6.07) is 6.06. The molecule has 2 rings (SSSR count). The number of ether oxygens (including phenoxy) is 1. The van der Waals surface area contributed by atoms with E-state index in [0.29, 0.717) is 6.42 Å². The average molecular weight is 263 g/mol. The van der Waals surface area contributed by atoms with Crippen molar-refractivity contribution in [2.24, 2.45) is 0 Å². The molecule has 0 N–H and O–H groups in total. The smallest absolute Gasteiger partial charge is 0.226 e. The number of hydrogen-bond acceptors (Lipinski definition) is 2. The van der Waals surface area contributed by atoms with Crippen LogP contribution in [0.2, 0.25) is 0 Å². The molecule has 1 aromatic carbocycles. The van der Waals surface area contributed by atoms with Crippen molar-refractivity contribution >= 4 is 5.91 Å². The summed E-state index contributed by atoms with van der Waals surface area (Å²) in [5.74, 6) is 1.11. The fourth-order valence-electron chi connectivity index (χ4n) is 2.04. The Morgan fingerprint density at radius 3 is 2.47 bits per heavy atom. The molecule has 1 heterocycles. The average Bonchev–Trinajstić information content (AvgIpc) is 2.38. The van der Waals surface area contributed by atoms with Crippen LogP contribution >= 0.6 is 0 Å². The van der Waals surface area contributed by atoms with Gasteiger partial charge in [-0.1, -0.05) is 32.9 Å². The van der Waals surface area contributed by atoms with E-state index in [1.807, 2.05) is 30.9 Å². The Hall–Kier alpha value is -1.51. The van der Waals surface area contributed by atoms with Gasteiger partial charge in [-0.15, -0.1) is 0 Å². The van der Waals surface area contributed by atoms with Crippen molar-refractivity contribution in [3.8, 4) is 5.75 Å². The molecule has 0 saturated carbocycles. The van der Waals surface area contributed by atoms with Crippen LogP contribution < -0.4 is 4.74 Å². The largest absolute Gasteiger partial charge is 0.496 e. The fourth-order valence-corrected chi connectivity index (χ4v) is 2.04. The number of methoxy groups -OCH3 is 1. The second-order valence-corrected chi connectivity index (χ2v) is 4.41. The summed E-state index contributed by atoms with van der Waals surface area (Å²) < 4.78 is 5.33. The quantitative estimate of drug-likeness (QED) is 0.835. The van der Waals surface area contributed by atoms with Gasteiger partial charge in [0.15, 0.2) is 0 Å². The topological polar surface area (TPSA) is 29.5 Å². The van der Waals surface area contributed by atoms with Gasteiger partial charge in [-0.2, -0.15) is 0 Å². The molecule has 0 unspecified atom stereocenters. The Kier molecular flexibility index (Phi) is 6.40. The number of amides is 1. The van der Waals surface area contributed by atoms with Gasteiger partial charge in [0.1, 0.15) is 5.75 Å². The van der Waals surface area contributed by atoms with Crippen LogP contribution in [-0.4, -0.2) is 31.0 Å². The highest BCUT2D eigenvalue weighted by Gasteiger charge is 2.20. The lowest BCUT2D eigenvalue weighted by molar-refractivity contribution is -0.133. The molecular formula is C16H25NO2. The van der Waals surface area contributed by atoms with Gasteiger partial charge < -0.3 is 9.64 Å². The summed E-state index contributed by atoms with van der Waals surface area (Å²) in [5.41, 5.74) is 2.23. The SMILES string of the molecule is CC.CCc1ccc(CC(=O)N2CCC2)cc1OC. The van der Waals surface area contributed by atoms with Crippen LogP contribution in [0.15, 0.2) is 18.2 Å². The van der Waals surface area contributed by atoms with E-state index in [9.17, 15) is 4.79 Å².